The van der Waals surface area contributed by atoms with E-state index in [4.69, 9.17) is 4.42 Å². The van der Waals surface area contributed by atoms with Crippen molar-refractivity contribution < 1.29 is 13.9 Å². The molecule has 0 N–H and O–H groups in total. The molecule has 0 aliphatic rings. The van der Waals surface area contributed by atoms with Gasteiger partial charge in [-0.3, -0.25) is 9.13 Å². The van der Waals surface area contributed by atoms with Crippen LogP contribution in [-0.4, -0.2) is 22.2 Å². The lowest BCUT2D eigenvalue weighted by atomic mass is 10.3. The van der Waals surface area contributed by atoms with E-state index in [1.54, 1.807) is 21.3 Å². The van der Waals surface area contributed by atoms with Crippen molar-refractivity contribution in [3.8, 4) is 0 Å². The van der Waals surface area contributed by atoms with Crippen LogP contribution in [0.4, 0.5) is 0 Å². The number of methoxy groups -OCH3 is 1. The molecule has 0 bridgehead atoms. The van der Waals surface area contributed by atoms with Crippen molar-refractivity contribution in [3.05, 3.63) is 58.4 Å². The molecule has 0 spiro atoms. The van der Waals surface area contributed by atoms with E-state index in [0.29, 0.717) is 12.3 Å². The van der Waals surface area contributed by atoms with Crippen molar-refractivity contribution in [1.82, 2.24) is 9.13 Å². The molecule has 22 heavy (non-hydrogen) atoms. The van der Waals surface area contributed by atoms with Crippen LogP contribution in [0, 0.1) is 0 Å². The number of hydrogen-bond donors (Lipinski definition) is 0. The lowest BCUT2D eigenvalue weighted by Gasteiger charge is -2.00. The molecular weight excluding hydrogens is 284 g/mol. The predicted octanol–water partition coefficient (Wildman–Crippen LogP) is 2.25. The number of rotatable bonds is 4. The van der Waals surface area contributed by atoms with Gasteiger partial charge in [-0.1, -0.05) is 12.1 Å². The van der Waals surface area contributed by atoms with Gasteiger partial charge in [-0.05, 0) is 31.2 Å². The van der Waals surface area contributed by atoms with Crippen LogP contribution in [0.5, 0.6) is 0 Å². The maximum absolute atomic E-state index is 12.5. The van der Waals surface area contributed by atoms with Gasteiger partial charge in [0.1, 0.15) is 5.76 Å². The van der Waals surface area contributed by atoms with E-state index in [2.05, 4.69) is 4.74 Å². The number of esters is 1. The average molecular weight is 300 g/mol. The van der Waals surface area contributed by atoms with Crippen molar-refractivity contribution in [3.63, 3.8) is 0 Å². The number of furan rings is 1. The van der Waals surface area contributed by atoms with Crippen molar-refractivity contribution in [2.24, 2.45) is 0 Å². The minimum atomic E-state index is -0.533. The van der Waals surface area contributed by atoms with E-state index < -0.39 is 5.97 Å². The second-order valence-electron chi connectivity index (χ2n) is 4.86. The number of imidazole rings is 1. The summed E-state index contributed by atoms with van der Waals surface area (Å²) in [6.07, 6.45) is 0. The maximum atomic E-state index is 12.5. The normalized spacial score (nSPS) is 11.0. The lowest BCUT2D eigenvalue weighted by molar-refractivity contribution is 0.0563. The molecule has 0 fully saturated rings. The Morgan fingerprint density at radius 1 is 1.14 bits per heavy atom. The van der Waals surface area contributed by atoms with Crippen LogP contribution in [0.1, 0.15) is 23.2 Å². The second kappa shape index (κ2) is 5.55. The topological polar surface area (TPSA) is 66.4 Å². The number of fused-ring (bicyclic) bond motifs is 1. The Hall–Kier alpha value is -2.76. The number of carbonyl (C=O) groups is 1. The molecule has 2 aromatic heterocycles. The highest BCUT2D eigenvalue weighted by Gasteiger charge is 2.15. The lowest BCUT2D eigenvalue weighted by Crippen LogP contribution is -2.24. The summed E-state index contributed by atoms with van der Waals surface area (Å²) in [6.45, 7) is 2.79. The number of para-hydroxylation sites is 2. The first-order valence-electron chi connectivity index (χ1n) is 7.00. The van der Waals surface area contributed by atoms with Crippen molar-refractivity contribution in [2.75, 3.05) is 7.11 Å². The van der Waals surface area contributed by atoms with E-state index >= 15 is 0 Å². The Morgan fingerprint density at radius 2 is 1.82 bits per heavy atom. The summed E-state index contributed by atoms with van der Waals surface area (Å²) < 4.78 is 13.4. The van der Waals surface area contributed by atoms with Crippen LogP contribution in [0.25, 0.3) is 11.0 Å². The molecule has 3 aromatic rings. The van der Waals surface area contributed by atoms with E-state index in [9.17, 15) is 9.59 Å². The van der Waals surface area contributed by atoms with Crippen molar-refractivity contribution in [1.29, 1.82) is 0 Å². The van der Waals surface area contributed by atoms with E-state index in [1.807, 2.05) is 31.2 Å². The molecule has 0 aliphatic carbocycles. The number of aryl methyl sites for hydroxylation is 1. The quantitative estimate of drug-likeness (QED) is 0.693. The molecule has 0 aliphatic heterocycles. The van der Waals surface area contributed by atoms with Gasteiger partial charge in [0.05, 0.1) is 24.7 Å². The van der Waals surface area contributed by atoms with Crippen LogP contribution < -0.4 is 5.69 Å². The summed E-state index contributed by atoms with van der Waals surface area (Å²) in [6, 6.07) is 10.8. The van der Waals surface area contributed by atoms with E-state index in [-0.39, 0.29) is 18.0 Å². The molecule has 114 valence electrons. The molecule has 0 saturated heterocycles. The predicted molar refractivity (Wildman–Crippen MR) is 81.0 cm³/mol. The number of aromatic nitrogens is 2. The molecule has 0 amide bonds. The van der Waals surface area contributed by atoms with E-state index in [1.165, 1.54) is 7.11 Å². The minimum absolute atomic E-state index is 0.0975. The van der Waals surface area contributed by atoms with Crippen LogP contribution in [-0.2, 0) is 17.8 Å². The summed E-state index contributed by atoms with van der Waals surface area (Å²) in [4.78, 5) is 23.9. The van der Waals surface area contributed by atoms with E-state index in [0.717, 1.165) is 11.0 Å². The molecular formula is C16H16N2O4. The first-order valence-corrected chi connectivity index (χ1v) is 7.00. The number of benzene rings is 1. The monoisotopic (exact) mass is 300 g/mol. The van der Waals surface area contributed by atoms with Gasteiger partial charge >= 0.3 is 11.7 Å². The smallest absolute Gasteiger partial charge is 0.373 e. The summed E-state index contributed by atoms with van der Waals surface area (Å²) >= 11 is 0. The van der Waals surface area contributed by atoms with Gasteiger partial charge in [0.25, 0.3) is 0 Å². The summed E-state index contributed by atoms with van der Waals surface area (Å²) in [5, 5.41) is 0. The standard InChI is InChI=1S/C16H16N2O4/c1-3-17-12-6-4-5-7-13(12)18(16(17)20)10-11-8-9-14(22-11)15(19)21-2/h4-9H,3,10H2,1-2H3. The Bertz CT molecular complexity index is 885. The number of carbonyl (C=O) groups excluding carboxylic acids is 1. The highest BCUT2D eigenvalue weighted by Crippen LogP contribution is 2.16. The van der Waals surface area contributed by atoms with Gasteiger partial charge in [0, 0.05) is 6.54 Å². The molecule has 2 heterocycles. The van der Waals surface area contributed by atoms with Crippen LogP contribution >= 0.6 is 0 Å². The molecule has 0 unspecified atom stereocenters. The van der Waals surface area contributed by atoms with Gasteiger partial charge in [0.2, 0.25) is 5.76 Å². The van der Waals surface area contributed by atoms with Crippen LogP contribution in [0.15, 0.2) is 45.6 Å². The Labute approximate surface area is 126 Å². The molecule has 0 radical (unpaired) electrons. The Balaban J connectivity index is 2.04. The fourth-order valence-corrected chi connectivity index (χ4v) is 2.56. The SMILES string of the molecule is CCn1c(=O)n(Cc2ccc(C(=O)OC)o2)c2ccccc21. The minimum Gasteiger partial charge on any atom is -0.463 e. The number of ether oxygens (including phenoxy) is 1. The van der Waals surface area contributed by atoms with Crippen molar-refractivity contribution in [2.45, 2.75) is 20.0 Å². The third kappa shape index (κ3) is 2.22. The summed E-state index contributed by atoms with van der Waals surface area (Å²) in [7, 11) is 1.30. The van der Waals surface area contributed by atoms with Gasteiger partial charge in [-0.25, -0.2) is 9.59 Å². The fraction of sp³-hybridized carbons (Fsp3) is 0.250. The van der Waals surface area contributed by atoms with Gasteiger partial charge in [-0.2, -0.15) is 0 Å². The largest absolute Gasteiger partial charge is 0.463 e. The maximum Gasteiger partial charge on any atom is 0.373 e. The molecule has 0 atom stereocenters. The second-order valence-corrected chi connectivity index (χ2v) is 4.86. The van der Waals surface area contributed by atoms with Gasteiger partial charge < -0.3 is 9.15 Å². The Morgan fingerprint density at radius 3 is 2.45 bits per heavy atom. The number of nitrogens with zero attached hydrogens (tertiary/aromatic N) is 2. The van der Waals surface area contributed by atoms with Gasteiger partial charge in [0.15, 0.2) is 0 Å². The zero-order valence-corrected chi connectivity index (χ0v) is 12.4. The highest BCUT2D eigenvalue weighted by molar-refractivity contribution is 5.86. The first-order chi connectivity index (χ1) is 10.7. The molecule has 1 aromatic carbocycles. The zero-order valence-electron chi connectivity index (χ0n) is 12.4. The fourth-order valence-electron chi connectivity index (χ4n) is 2.56. The third-order valence-corrected chi connectivity index (χ3v) is 3.60. The molecule has 3 rings (SSSR count). The Kier molecular flexibility index (Phi) is 3.58. The molecule has 6 heteroatoms. The van der Waals surface area contributed by atoms with Crippen molar-refractivity contribution >= 4 is 17.0 Å². The molecule has 6 nitrogen and oxygen atoms in total. The molecule has 0 saturated carbocycles. The highest BCUT2D eigenvalue weighted by atomic mass is 16.5. The summed E-state index contributed by atoms with van der Waals surface area (Å²) in [5.74, 6) is 0.126. The summed E-state index contributed by atoms with van der Waals surface area (Å²) in [5.41, 5.74) is 1.62. The van der Waals surface area contributed by atoms with Gasteiger partial charge in [-0.15, -0.1) is 0 Å². The van der Waals surface area contributed by atoms with Crippen LogP contribution in [0.2, 0.25) is 0 Å². The average Bonchev–Trinajstić information content (AvgIpc) is 3.11. The third-order valence-electron chi connectivity index (χ3n) is 3.60. The van der Waals surface area contributed by atoms with Crippen LogP contribution in [0.3, 0.4) is 0 Å². The number of hydrogen-bond acceptors (Lipinski definition) is 4. The first kappa shape index (κ1) is 14.2. The zero-order chi connectivity index (χ0) is 15.7.